The van der Waals surface area contributed by atoms with Crippen molar-refractivity contribution in [2.45, 2.75) is 58.1 Å². The number of amides is 3. The predicted molar refractivity (Wildman–Crippen MR) is 194 cm³/mol. The van der Waals surface area contributed by atoms with E-state index in [-0.39, 0.29) is 29.9 Å². The van der Waals surface area contributed by atoms with E-state index in [2.05, 4.69) is 10.6 Å². The molecule has 0 spiro atoms. The number of aliphatic hydroxyl groups is 3. The van der Waals surface area contributed by atoms with Crippen molar-refractivity contribution in [2.24, 2.45) is 22.5 Å². The van der Waals surface area contributed by atoms with Crippen molar-refractivity contribution >= 4 is 57.2 Å². The minimum absolute atomic E-state index is 0.0661. The van der Waals surface area contributed by atoms with Gasteiger partial charge in [0.15, 0.2) is 11.4 Å². The Hall–Kier alpha value is -5.53. The second-order valence-corrected chi connectivity index (χ2v) is 14.5. The van der Waals surface area contributed by atoms with Crippen molar-refractivity contribution in [3.63, 3.8) is 0 Å². The van der Waals surface area contributed by atoms with Crippen LogP contribution in [-0.2, 0) is 19.2 Å². The number of aromatic hydroxyl groups is 1. The van der Waals surface area contributed by atoms with E-state index in [0.29, 0.717) is 11.3 Å². The van der Waals surface area contributed by atoms with Gasteiger partial charge in [-0.15, -0.1) is 0 Å². The topological polar surface area (TPSA) is 220 Å². The first-order valence-corrected chi connectivity index (χ1v) is 17.0. The van der Waals surface area contributed by atoms with Gasteiger partial charge in [0.05, 0.1) is 23.0 Å². The van der Waals surface area contributed by atoms with Crippen LogP contribution in [0.1, 0.15) is 57.6 Å². The van der Waals surface area contributed by atoms with Gasteiger partial charge in [-0.3, -0.25) is 24.1 Å². The summed E-state index contributed by atoms with van der Waals surface area (Å²) in [6, 6.07) is 13.7. The molecule has 0 heterocycles. The Morgan fingerprint density at radius 2 is 1.56 bits per heavy atom. The van der Waals surface area contributed by atoms with Crippen molar-refractivity contribution < 1.29 is 44.4 Å². The van der Waals surface area contributed by atoms with E-state index in [1.165, 1.54) is 32.0 Å². The second kappa shape index (κ2) is 12.3. The number of urea groups is 1. The van der Waals surface area contributed by atoms with Crippen molar-refractivity contribution in [2.75, 3.05) is 24.7 Å². The van der Waals surface area contributed by atoms with Crippen LogP contribution >= 0.6 is 0 Å². The van der Waals surface area contributed by atoms with Crippen LogP contribution in [0.2, 0.25) is 0 Å². The number of nitrogens with two attached hydrogens (primary N) is 1. The summed E-state index contributed by atoms with van der Waals surface area (Å²) in [6.07, 6.45) is -0.219. The van der Waals surface area contributed by atoms with E-state index >= 15 is 0 Å². The van der Waals surface area contributed by atoms with Gasteiger partial charge in [0, 0.05) is 34.6 Å². The van der Waals surface area contributed by atoms with Crippen LogP contribution in [0, 0.1) is 16.7 Å². The van der Waals surface area contributed by atoms with Gasteiger partial charge in [0.2, 0.25) is 5.78 Å². The number of primary amides is 1. The summed E-state index contributed by atoms with van der Waals surface area (Å²) in [5, 5.41) is 55.0. The molecule has 3 aromatic rings. The molecule has 3 aliphatic carbocycles. The zero-order valence-corrected chi connectivity index (χ0v) is 29.7. The quantitative estimate of drug-likeness (QED) is 0.132. The third-order valence-corrected chi connectivity index (χ3v) is 11.9. The molecule has 0 aliphatic heterocycles. The van der Waals surface area contributed by atoms with Crippen LogP contribution in [0.25, 0.3) is 16.5 Å². The molecule has 272 valence electrons. The molecule has 6 rings (SSSR count). The molecule has 0 aromatic heterocycles. The molecule has 3 amide bonds. The Morgan fingerprint density at radius 1 is 0.923 bits per heavy atom. The molecule has 1 fully saturated rings. The Bertz CT molecular complexity index is 2170. The molecule has 0 radical (unpaired) electrons. The number of nitrogens with one attached hydrogen (secondary N) is 2. The number of nitrogens with zero attached hydrogens (tertiary/aromatic N) is 1. The lowest BCUT2D eigenvalue weighted by Gasteiger charge is -2.65. The monoisotopic (exact) mass is 710 g/mol. The summed E-state index contributed by atoms with van der Waals surface area (Å²) in [6.45, 7) is 6.44. The lowest BCUT2D eigenvalue weighted by Crippen LogP contribution is -2.76. The van der Waals surface area contributed by atoms with Crippen LogP contribution in [0.5, 0.6) is 5.75 Å². The van der Waals surface area contributed by atoms with E-state index in [1.807, 2.05) is 30.3 Å². The van der Waals surface area contributed by atoms with Crippen molar-refractivity contribution in [1.29, 1.82) is 0 Å². The van der Waals surface area contributed by atoms with Gasteiger partial charge in [0.1, 0.15) is 28.6 Å². The van der Waals surface area contributed by atoms with Crippen LogP contribution in [0.4, 0.5) is 16.2 Å². The number of benzene rings is 3. The van der Waals surface area contributed by atoms with Gasteiger partial charge in [-0.2, -0.15) is 0 Å². The Balaban J connectivity index is 1.54. The highest BCUT2D eigenvalue weighted by Gasteiger charge is 2.77. The Kier molecular flexibility index (Phi) is 8.59. The molecule has 8 N–H and O–H groups in total. The first-order chi connectivity index (χ1) is 24.4. The molecule has 0 bridgehead atoms. The summed E-state index contributed by atoms with van der Waals surface area (Å²) in [7, 11) is 3.01. The first-order valence-electron chi connectivity index (χ1n) is 17.0. The third kappa shape index (κ3) is 4.72. The largest absolute Gasteiger partial charge is 0.508 e. The van der Waals surface area contributed by atoms with Gasteiger partial charge in [-0.25, -0.2) is 4.79 Å². The average Bonchev–Trinajstić information content (AvgIpc) is 3.08. The zero-order valence-electron chi connectivity index (χ0n) is 29.7. The molecule has 3 aromatic carbocycles. The lowest BCUT2D eigenvalue weighted by molar-refractivity contribution is -0.196. The average molecular weight is 711 g/mol. The fourth-order valence-electron chi connectivity index (χ4n) is 9.24. The number of ketones is 3. The second-order valence-electron chi connectivity index (χ2n) is 14.5. The molecular weight excluding hydrogens is 668 g/mol. The number of hydrogen-bond donors (Lipinski definition) is 7. The van der Waals surface area contributed by atoms with Gasteiger partial charge < -0.3 is 36.8 Å². The van der Waals surface area contributed by atoms with E-state index < -0.39 is 86.2 Å². The maximum Gasteiger partial charge on any atom is 0.323 e. The van der Waals surface area contributed by atoms with Crippen molar-refractivity contribution in [1.82, 2.24) is 4.90 Å². The fraction of sp³-hybridized carbons (Fsp3) is 0.359. The fourth-order valence-corrected chi connectivity index (χ4v) is 9.24. The number of likely N-dealkylation sites (N-methyl/N-ethyl adjacent to an activating group) is 1. The predicted octanol–water partition coefficient (Wildman–Crippen LogP) is 4.70. The standard InChI is InChI=1S/C39H42N4O9/c1-7-20(44)17-25-37(3)18(2)21-15-16-24(42-36(51)41-23-14-10-12-19-11-8-9-13-22(19)23)29(45)26(21)30(46)28(37)34(49)39(52)33(48)27(35(40)50)31(47)32(43(5)6)38(25,39)4/h8-16,18,25,32,45-46,48,52H,7,17H2,1-6H3,(H2,40,50)(H2,41,42,51)/t18-,25-,32+,37-,38-,39+/m0/s1. The number of phenolic OH excluding ortho intramolecular Hbond substituents is 1. The van der Waals surface area contributed by atoms with Crippen LogP contribution in [0.15, 0.2) is 71.5 Å². The Labute approximate surface area is 299 Å². The van der Waals surface area contributed by atoms with Crippen molar-refractivity contribution in [3.8, 4) is 5.75 Å². The van der Waals surface area contributed by atoms with Gasteiger partial charge in [0.25, 0.3) is 5.91 Å². The number of carbonyl (C=O) groups excluding carboxylic acids is 5. The molecular formula is C39H42N4O9. The molecule has 1 saturated carbocycles. The maximum atomic E-state index is 14.9. The third-order valence-electron chi connectivity index (χ3n) is 11.9. The number of Topliss-reactive ketones (excluding diaryl/α,β-unsaturated/α-hetero) is 3. The SMILES string of the molecule is CCC(=O)C[C@H]1[C@@]2(C)C(=C(O)c3c(ccc(NC(=O)Nc4cccc5ccccc45)c3O)[C@@H]2C)C(=O)[C@]2(O)C(O)=C(C(N)=O)C(=O)[C@@H](N(C)C)[C@]12C. The molecule has 13 heteroatoms. The highest BCUT2D eigenvalue weighted by molar-refractivity contribution is 6.25. The number of phenols is 1. The van der Waals surface area contributed by atoms with E-state index in [9.17, 15) is 44.4 Å². The molecule has 0 unspecified atom stereocenters. The van der Waals surface area contributed by atoms with E-state index in [4.69, 9.17) is 5.73 Å². The van der Waals surface area contributed by atoms with Gasteiger partial charge >= 0.3 is 6.03 Å². The highest BCUT2D eigenvalue weighted by Crippen LogP contribution is 2.70. The number of carbonyl (C=O) groups is 5. The normalized spacial score (nSPS) is 28.3. The molecule has 0 saturated heterocycles. The summed E-state index contributed by atoms with van der Waals surface area (Å²) < 4.78 is 0. The van der Waals surface area contributed by atoms with Crippen LogP contribution in [-0.4, -0.2) is 80.4 Å². The summed E-state index contributed by atoms with van der Waals surface area (Å²) in [5.74, 6) is -8.30. The number of hydrogen-bond acceptors (Lipinski definition) is 10. The number of fused-ring (bicyclic) bond motifs is 4. The first kappa shape index (κ1) is 36.3. The highest BCUT2D eigenvalue weighted by atomic mass is 16.4. The van der Waals surface area contributed by atoms with Crippen LogP contribution in [0.3, 0.4) is 0 Å². The lowest BCUT2D eigenvalue weighted by atomic mass is 9.39. The number of anilines is 2. The minimum atomic E-state index is -3.03. The Morgan fingerprint density at radius 3 is 2.19 bits per heavy atom. The molecule has 6 atom stereocenters. The summed E-state index contributed by atoms with van der Waals surface area (Å²) >= 11 is 0. The maximum absolute atomic E-state index is 14.9. The van der Waals surface area contributed by atoms with Gasteiger partial charge in [-0.05, 0) is 49.0 Å². The van der Waals surface area contributed by atoms with E-state index in [1.54, 1.807) is 39.0 Å². The summed E-state index contributed by atoms with van der Waals surface area (Å²) in [4.78, 5) is 69.6. The molecule has 3 aliphatic rings. The summed E-state index contributed by atoms with van der Waals surface area (Å²) in [5.41, 5.74) is -1.78. The van der Waals surface area contributed by atoms with E-state index in [0.717, 1.165) is 10.8 Å². The van der Waals surface area contributed by atoms with Crippen molar-refractivity contribution in [3.05, 3.63) is 82.6 Å². The molecule has 13 nitrogen and oxygen atoms in total. The smallest absolute Gasteiger partial charge is 0.323 e. The number of aliphatic hydroxyl groups excluding tert-OH is 2. The zero-order chi connectivity index (χ0) is 38.2. The minimum Gasteiger partial charge on any atom is -0.508 e. The number of rotatable bonds is 7. The van der Waals surface area contributed by atoms with Crippen LogP contribution < -0.4 is 16.4 Å². The molecule has 52 heavy (non-hydrogen) atoms. The van der Waals surface area contributed by atoms with Gasteiger partial charge in [-0.1, -0.05) is 70.2 Å².